The van der Waals surface area contributed by atoms with Crippen LogP contribution in [-0.4, -0.2) is 29.4 Å². The Kier molecular flexibility index (Phi) is 5.47. The summed E-state index contributed by atoms with van der Waals surface area (Å²) in [4.78, 5) is 23.7. The van der Waals surface area contributed by atoms with Gasteiger partial charge >= 0.3 is 5.69 Å². The molecular weight excluding hydrogens is 315 g/mol. The van der Waals surface area contributed by atoms with Gasteiger partial charge < -0.3 is 9.64 Å². The van der Waals surface area contributed by atoms with Crippen molar-refractivity contribution in [2.24, 2.45) is 0 Å². The van der Waals surface area contributed by atoms with E-state index in [1.165, 1.54) is 4.90 Å². The smallest absolute Gasteiger partial charge is 0.311 e. The SMILES string of the molecule is Cc1ccc(CN(C)C(=O)COc2cc(F)ccc2[N+](=O)[O-])cc1. The van der Waals surface area contributed by atoms with Crippen molar-refractivity contribution in [3.63, 3.8) is 0 Å². The average Bonchev–Trinajstić information content (AvgIpc) is 2.54. The topological polar surface area (TPSA) is 72.7 Å². The summed E-state index contributed by atoms with van der Waals surface area (Å²) < 4.78 is 18.4. The fourth-order valence-electron chi connectivity index (χ4n) is 2.06. The van der Waals surface area contributed by atoms with Gasteiger partial charge in [0.25, 0.3) is 5.91 Å². The second-order valence-corrected chi connectivity index (χ2v) is 5.39. The molecule has 0 bridgehead atoms. The first-order valence-electron chi connectivity index (χ1n) is 7.23. The summed E-state index contributed by atoms with van der Waals surface area (Å²) in [5.41, 5.74) is 1.69. The maximum absolute atomic E-state index is 13.2. The lowest BCUT2D eigenvalue weighted by Crippen LogP contribution is -2.31. The summed E-state index contributed by atoms with van der Waals surface area (Å²) in [5, 5.41) is 10.9. The number of aryl methyl sites for hydroxylation is 1. The van der Waals surface area contributed by atoms with Gasteiger partial charge in [-0.1, -0.05) is 29.8 Å². The van der Waals surface area contributed by atoms with E-state index < -0.39 is 17.3 Å². The van der Waals surface area contributed by atoms with Gasteiger partial charge in [-0.2, -0.15) is 0 Å². The normalized spacial score (nSPS) is 10.3. The standard InChI is InChI=1S/C17H17FN2O4/c1-12-3-5-13(6-4-12)10-19(2)17(21)11-24-16-9-14(18)7-8-15(16)20(22)23/h3-9H,10-11H2,1-2H3. The fourth-order valence-corrected chi connectivity index (χ4v) is 2.06. The van der Waals surface area contributed by atoms with Crippen LogP contribution < -0.4 is 4.74 Å². The third-order valence-electron chi connectivity index (χ3n) is 3.44. The molecular formula is C17H17FN2O4. The summed E-state index contributed by atoms with van der Waals surface area (Å²) in [6, 6.07) is 10.6. The Balaban J connectivity index is 1.98. The molecule has 0 N–H and O–H groups in total. The predicted molar refractivity (Wildman–Crippen MR) is 86.2 cm³/mol. The van der Waals surface area contributed by atoms with E-state index in [1.807, 2.05) is 31.2 Å². The maximum atomic E-state index is 13.2. The molecule has 6 nitrogen and oxygen atoms in total. The zero-order valence-electron chi connectivity index (χ0n) is 13.4. The zero-order chi connectivity index (χ0) is 17.7. The van der Waals surface area contributed by atoms with Crippen molar-refractivity contribution < 1.29 is 18.8 Å². The average molecular weight is 332 g/mol. The van der Waals surface area contributed by atoms with E-state index in [2.05, 4.69) is 0 Å². The molecule has 0 unspecified atom stereocenters. The number of nitro benzene ring substituents is 1. The van der Waals surface area contributed by atoms with Crippen molar-refractivity contribution in [2.45, 2.75) is 13.5 Å². The number of carbonyl (C=O) groups excluding carboxylic acids is 1. The van der Waals surface area contributed by atoms with Crippen molar-refractivity contribution in [3.8, 4) is 5.75 Å². The van der Waals surface area contributed by atoms with E-state index >= 15 is 0 Å². The highest BCUT2D eigenvalue weighted by Gasteiger charge is 2.18. The lowest BCUT2D eigenvalue weighted by atomic mass is 10.1. The van der Waals surface area contributed by atoms with Gasteiger partial charge in [-0.25, -0.2) is 4.39 Å². The molecule has 0 saturated carbocycles. The lowest BCUT2D eigenvalue weighted by Gasteiger charge is -2.17. The van der Waals surface area contributed by atoms with Crippen LogP contribution >= 0.6 is 0 Å². The maximum Gasteiger partial charge on any atom is 0.311 e. The number of carbonyl (C=O) groups is 1. The van der Waals surface area contributed by atoms with E-state index in [1.54, 1.807) is 7.05 Å². The van der Waals surface area contributed by atoms with Crippen molar-refractivity contribution in [2.75, 3.05) is 13.7 Å². The van der Waals surface area contributed by atoms with E-state index in [9.17, 15) is 19.3 Å². The summed E-state index contributed by atoms with van der Waals surface area (Å²) in [7, 11) is 1.60. The molecule has 0 aliphatic carbocycles. The Labute approximate surface area is 138 Å². The van der Waals surface area contributed by atoms with Crippen molar-refractivity contribution >= 4 is 11.6 Å². The van der Waals surface area contributed by atoms with Gasteiger partial charge in [0.1, 0.15) is 5.82 Å². The molecule has 1 amide bonds. The van der Waals surface area contributed by atoms with Gasteiger partial charge in [0.05, 0.1) is 4.92 Å². The van der Waals surface area contributed by atoms with Crippen LogP contribution in [0.3, 0.4) is 0 Å². The van der Waals surface area contributed by atoms with Crippen LogP contribution in [0.5, 0.6) is 5.75 Å². The molecule has 24 heavy (non-hydrogen) atoms. The molecule has 0 heterocycles. The first-order valence-corrected chi connectivity index (χ1v) is 7.23. The Morgan fingerprint density at radius 1 is 1.25 bits per heavy atom. The van der Waals surface area contributed by atoms with Crippen molar-refractivity contribution in [1.29, 1.82) is 0 Å². The molecule has 0 fully saturated rings. The van der Waals surface area contributed by atoms with Crippen LogP contribution in [0.25, 0.3) is 0 Å². The highest BCUT2D eigenvalue weighted by atomic mass is 19.1. The molecule has 0 radical (unpaired) electrons. The van der Waals surface area contributed by atoms with E-state index in [-0.39, 0.29) is 17.3 Å². The Morgan fingerprint density at radius 2 is 1.92 bits per heavy atom. The number of amides is 1. The molecule has 0 saturated heterocycles. The molecule has 0 aliphatic rings. The second-order valence-electron chi connectivity index (χ2n) is 5.39. The predicted octanol–water partition coefficient (Wildman–Crippen LogP) is 3.08. The molecule has 0 atom stereocenters. The number of hydrogen-bond donors (Lipinski definition) is 0. The van der Waals surface area contributed by atoms with Gasteiger partial charge in [0.2, 0.25) is 5.75 Å². The van der Waals surface area contributed by atoms with Crippen LogP contribution in [0, 0.1) is 22.9 Å². The van der Waals surface area contributed by atoms with Crippen LogP contribution in [0.2, 0.25) is 0 Å². The highest BCUT2D eigenvalue weighted by Crippen LogP contribution is 2.27. The van der Waals surface area contributed by atoms with Crippen molar-refractivity contribution in [3.05, 3.63) is 69.5 Å². The number of benzene rings is 2. The summed E-state index contributed by atoms with van der Waals surface area (Å²) in [6.45, 7) is 1.94. The first-order chi connectivity index (χ1) is 11.4. The van der Waals surface area contributed by atoms with Crippen LogP contribution in [0.15, 0.2) is 42.5 Å². The minimum absolute atomic E-state index is 0.267. The number of nitrogens with zero attached hydrogens (tertiary/aromatic N) is 2. The summed E-state index contributed by atoms with van der Waals surface area (Å²) in [5.74, 6) is -1.30. The number of hydrogen-bond acceptors (Lipinski definition) is 4. The first kappa shape index (κ1) is 17.4. The van der Waals surface area contributed by atoms with Crippen LogP contribution in [-0.2, 0) is 11.3 Å². The number of ether oxygens (including phenoxy) is 1. The third-order valence-corrected chi connectivity index (χ3v) is 3.44. The molecule has 0 aromatic heterocycles. The molecule has 0 aliphatic heterocycles. The lowest BCUT2D eigenvalue weighted by molar-refractivity contribution is -0.385. The van der Waals surface area contributed by atoms with E-state index in [4.69, 9.17) is 4.74 Å². The van der Waals surface area contributed by atoms with Crippen LogP contribution in [0.1, 0.15) is 11.1 Å². The minimum atomic E-state index is -0.685. The van der Waals surface area contributed by atoms with Crippen LogP contribution in [0.4, 0.5) is 10.1 Å². The second kappa shape index (κ2) is 7.54. The molecule has 7 heteroatoms. The van der Waals surface area contributed by atoms with Crippen molar-refractivity contribution in [1.82, 2.24) is 4.90 Å². The highest BCUT2D eigenvalue weighted by molar-refractivity contribution is 5.77. The van der Waals surface area contributed by atoms with Gasteiger partial charge in [-0.05, 0) is 18.6 Å². The molecule has 0 spiro atoms. The number of rotatable bonds is 6. The van der Waals surface area contributed by atoms with Gasteiger partial charge in [-0.3, -0.25) is 14.9 Å². The summed E-state index contributed by atoms with van der Waals surface area (Å²) >= 11 is 0. The molecule has 2 rings (SSSR count). The van der Waals surface area contributed by atoms with Gasteiger partial charge in [0, 0.05) is 25.7 Å². The fraction of sp³-hybridized carbons (Fsp3) is 0.235. The van der Waals surface area contributed by atoms with E-state index in [0.29, 0.717) is 6.54 Å². The quantitative estimate of drug-likeness (QED) is 0.602. The molecule has 126 valence electrons. The Bertz CT molecular complexity index is 747. The number of halogens is 1. The molecule has 2 aromatic carbocycles. The van der Waals surface area contributed by atoms with Gasteiger partial charge in [-0.15, -0.1) is 0 Å². The Hall–Kier alpha value is -2.96. The zero-order valence-corrected chi connectivity index (χ0v) is 13.4. The van der Waals surface area contributed by atoms with E-state index in [0.717, 1.165) is 29.3 Å². The minimum Gasteiger partial charge on any atom is -0.477 e. The Morgan fingerprint density at radius 3 is 2.54 bits per heavy atom. The largest absolute Gasteiger partial charge is 0.477 e. The molecule has 2 aromatic rings. The number of nitro groups is 1. The number of likely N-dealkylation sites (N-methyl/N-ethyl adjacent to an activating group) is 1. The third kappa shape index (κ3) is 4.52. The van der Waals surface area contributed by atoms with Gasteiger partial charge in [0.15, 0.2) is 6.61 Å². The monoisotopic (exact) mass is 332 g/mol. The summed E-state index contributed by atoms with van der Waals surface area (Å²) in [6.07, 6.45) is 0.